The average molecular weight is 392 g/mol. The lowest BCUT2D eigenvalue weighted by atomic mass is 10.1. The summed E-state index contributed by atoms with van der Waals surface area (Å²) in [5.41, 5.74) is 2.62. The van der Waals surface area contributed by atoms with Crippen LogP contribution in [0.2, 0.25) is 0 Å². The van der Waals surface area contributed by atoms with Crippen molar-refractivity contribution in [3.63, 3.8) is 0 Å². The summed E-state index contributed by atoms with van der Waals surface area (Å²) in [6, 6.07) is 15.4. The van der Waals surface area contributed by atoms with Crippen LogP contribution in [0.1, 0.15) is 5.56 Å². The number of nitrogens with zero attached hydrogens (tertiary/aromatic N) is 1. The third kappa shape index (κ3) is 3.32. The van der Waals surface area contributed by atoms with E-state index < -0.39 is 0 Å². The van der Waals surface area contributed by atoms with Crippen molar-refractivity contribution in [1.29, 1.82) is 0 Å². The number of fused-ring (bicyclic) bond motifs is 1. The van der Waals surface area contributed by atoms with Gasteiger partial charge >= 0.3 is 0 Å². The lowest BCUT2D eigenvalue weighted by Gasteiger charge is -2.09. The van der Waals surface area contributed by atoms with Gasteiger partial charge in [0.1, 0.15) is 11.3 Å². The smallest absolute Gasteiger partial charge is 0.149 e. The van der Waals surface area contributed by atoms with Gasteiger partial charge in [-0.3, -0.25) is 4.98 Å². The van der Waals surface area contributed by atoms with Gasteiger partial charge in [0.15, 0.2) is 0 Å². The Bertz CT molecular complexity index is 756. The predicted molar refractivity (Wildman–Crippen MR) is 93.1 cm³/mol. The molecule has 0 aliphatic rings. The van der Waals surface area contributed by atoms with Crippen LogP contribution in [-0.4, -0.2) is 11.5 Å². The Morgan fingerprint density at radius 3 is 2.67 bits per heavy atom. The number of rotatable bonds is 4. The maximum atomic E-state index is 13.7. The molecule has 2 aromatic carbocycles. The molecular weight excluding hydrogens is 378 g/mol. The molecular formula is C17H14FIN2. The molecule has 0 spiro atoms. The van der Waals surface area contributed by atoms with Gasteiger partial charge in [0.2, 0.25) is 0 Å². The highest BCUT2D eigenvalue weighted by Crippen LogP contribution is 2.23. The minimum atomic E-state index is -0.284. The largest absolute Gasteiger partial charge is 0.384 e. The fourth-order valence-corrected chi connectivity index (χ4v) is 2.65. The molecule has 0 radical (unpaired) electrons. The van der Waals surface area contributed by atoms with Crippen molar-refractivity contribution in [2.45, 2.75) is 6.42 Å². The van der Waals surface area contributed by atoms with E-state index in [9.17, 15) is 4.39 Å². The van der Waals surface area contributed by atoms with Gasteiger partial charge in [0.25, 0.3) is 0 Å². The number of benzene rings is 2. The summed E-state index contributed by atoms with van der Waals surface area (Å²) < 4.78 is 14.9. The van der Waals surface area contributed by atoms with E-state index in [-0.39, 0.29) is 5.82 Å². The van der Waals surface area contributed by atoms with E-state index in [2.05, 4.69) is 57.2 Å². The normalized spacial score (nSPS) is 10.8. The van der Waals surface area contributed by atoms with Crippen LogP contribution in [0.4, 0.5) is 10.1 Å². The molecule has 106 valence electrons. The molecule has 0 saturated heterocycles. The number of anilines is 1. The molecule has 4 heteroatoms. The van der Waals surface area contributed by atoms with Crippen molar-refractivity contribution in [3.8, 4) is 0 Å². The first-order valence-corrected chi connectivity index (χ1v) is 7.83. The molecule has 0 bridgehead atoms. The molecule has 0 aliphatic carbocycles. The van der Waals surface area contributed by atoms with Gasteiger partial charge in [-0.1, -0.05) is 24.3 Å². The Labute approximate surface area is 136 Å². The van der Waals surface area contributed by atoms with Crippen molar-refractivity contribution >= 4 is 39.2 Å². The third-order valence-corrected chi connectivity index (χ3v) is 4.08. The van der Waals surface area contributed by atoms with Crippen molar-refractivity contribution in [2.24, 2.45) is 0 Å². The first-order chi connectivity index (χ1) is 10.2. The van der Waals surface area contributed by atoms with E-state index in [0.29, 0.717) is 5.52 Å². The second-order valence-electron chi connectivity index (χ2n) is 4.80. The van der Waals surface area contributed by atoms with Crippen LogP contribution < -0.4 is 5.32 Å². The Balaban J connectivity index is 1.73. The van der Waals surface area contributed by atoms with Crippen LogP contribution in [0, 0.1) is 9.39 Å². The van der Waals surface area contributed by atoms with E-state index >= 15 is 0 Å². The quantitative estimate of drug-likeness (QED) is 0.655. The topological polar surface area (TPSA) is 24.9 Å². The van der Waals surface area contributed by atoms with Crippen LogP contribution in [0.25, 0.3) is 10.9 Å². The number of aromatic nitrogens is 1. The van der Waals surface area contributed by atoms with Crippen molar-refractivity contribution in [3.05, 3.63) is 69.7 Å². The Hall–Kier alpha value is -1.69. The van der Waals surface area contributed by atoms with Crippen LogP contribution in [0.5, 0.6) is 0 Å². The molecule has 0 amide bonds. The van der Waals surface area contributed by atoms with Gasteiger partial charge in [0.05, 0.1) is 0 Å². The van der Waals surface area contributed by atoms with Crippen LogP contribution >= 0.6 is 22.6 Å². The van der Waals surface area contributed by atoms with E-state index in [1.165, 1.54) is 15.2 Å². The molecule has 3 aromatic rings. The second kappa shape index (κ2) is 6.39. The second-order valence-corrected chi connectivity index (χ2v) is 6.04. The maximum absolute atomic E-state index is 13.7. The van der Waals surface area contributed by atoms with Crippen molar-refractivity contribution < 1.29 is 4.39 Å². The standard InChI is InChI=1S/C17H14FIN2/c18-15-3-1-2-14-16(9-11-21-17(14)15)20-10-8-12-4-6-13(19)7-5-12/h1-7,9,11H,8,10H2,(H,20,21). The minimum absolute atomic E-state index is 0.284. The SMILES string of the molecule is Fc1cccc2c(NCCc3ccc(I)cc3)ccnc12. The number of hydrogen-bond acceptors (Lipinski definition) is 2. The summed E-state index contributed by atoms with van der Waals surface area (Å²) in [7, 11) is 0. The number of halogens is 2. The molecule has 0 unspecified atom stereocenters. The monoisotopic (exact) mass is 392 g/mol. The third-order valence-electron chi connectivity index (χ3n) is 3.36. The minimum Gasteiger partial charge on any atom is -0.384 e. The van der Waals surface area contributed by atoms with Gasteiger partial charge in [-0.2, -0.15) is 0 Å². The molecule has 1 N–H and O–H groups in total. The zero-order valence-corrected chi connectivity index (χ0v) is 13.5. The Morgan fingerprint density at radius 1 is 1.05 bits per heavy atom. The van der Waals surface area contributed by atoms with E-state index in [4.69, 9.17) is 0 Å². The molecule has 1 heterocycles. The summed E-state index contributed by atoms with van der Waals surface area (Å²) in [6.07, 6.45) is 2.56. The van der Waals surface area contributed by atoms with Crippen LogP contribution in [-0.2, 0) is 6.42 Å². The van der Waals surface area contributed by atoms with Crippen molar-refractivity contribution in [1.82, 2.24) is 4.98 Å². The first kappa shape index (κ1) is 14.3. The van der Waals surface area contributed by atoms with Gasteiger partial charge in [-0.05, 0) is 58.8 Å². The lowest BCUT2D eigenvalue weighted by Crippen LogP contribution is -2.05. The van der Waals surface area contributed by atoms with E-state index in [1.807, 2.05) is 12.1 Å². The van der Waals surface area contributed by atoms with E-state index in [1.54, 1.807) is 12.3 Å². The first-order valence-electron chi connectivity index (χ1n) is 6.75. The predicted octanol–water partition coefficient (Wildman–Crippen LogP) is 4.63. The molecule has 0 saturated carbocycles. The molecule has 0 atom stereocenters. The highest BCUT2D eigenvalue weighted by atomic mass is 127. The van der Waals surface area contributed by atoms with Gasteiger partial charge in [-0.15, -0.1) is 0 Å². The highest BCUT2D eigenvalue weighted by molar-refractivity contribution is 14.1. The summed E-state index contributed by atoms with van der Waals surface area (Å²) in [5.74, 6) is -0.284. The van der Waals surface area contributed by atoms with Crippen LogP contribution in [0.3, 0.4) is 0 Å². The van der Waals surface area contributed by atoms with Gasteiger partial charge in [-0.25, -0.2) is 4.39 Å². The maximum Gasteiger partial charge on any atom is 0.149 e. The van der Waals surface area contributed by atoms with Gasteiger partial charge < -0.3 is 5.32 Å². The molecule has 0 aliphatic heterocycles. The Kier molecular flexibility index (Phi) is 4.34. The summed E-state index contributed by atoms with van der Waals surface area (Å²) in [6.45, 7) is 0.802. The fourth-order valence-electron chi connectivity index (χ4n) is 2.29. The number of hydrogen-bond donors (Lipinski definition) is 1. The van der Waals surface area contributed by atoms with Gasteiger partial charge in [0, 0.05) is 27.4 Å². The zero-order valence-electron chi connectivity index (χ0n) is 11.3. The molecule has 2 nitrogen and oxygen atoms in total. The molecule has 21 heavy (non-hydrogen) atoms. The molecule has 1 aromatic heterocycles. The van der Waals surface area contributed by atoms with Crippen molar-refractivity contribution in [2.75, 3.05) is 11.9 Å². The Morgan fingerprint density at radius 2 is 1.86 bits per heavy atom. The summed E-state index contributed by atoms with van der Waals surface area (Å²) in [5, 5.41) is 4.19. The van der Waals surface area contributed by atoms with E-state index in [0.717, 1.165) is 24.0 Å². The highest BCUT2D eigenvalue weighted by Gasteiger charge is 2.05. The number of pyridine rings is 1. The zero-order chi connectivity index (χ0) is 14.7. The number of nitrogens with one attached hydrogen (secondary N) is 1. The molecule has 3 rings (SSSR count). The summed E-state index contributed by atoms with van der Waals surface area (Å²) >= 11 is 2.30. The fraction of sp³-hybridized carbons (Fsp3) is 0.118. The molecule has 0 fully saturated rings. The lowest BCUT2D eigenvalue weighted by molar-refractivity contribution is 0.637. The number of para-hydroxylation sites is 1. The van der Waals surface area contributed by atoms with Crippen LogP contribution in [0.15, 0.2) is 54.7 Å². The summed E-state index contributed by atoms with van der Waals surface area (Å²) in [4.78, 5) is 4.10. The average Bonchev–Trinajstić information content (AvgIpc) is 2.50.